The molecule has 1 aliphatic rings. The molecule has 0 bridgehead atoms. The number of nitrogens with zero attached hydrogens (tertiary/aromatic N) is 2. The fraction of sp³-hybridized carbons (Fsp3) is 0.524. The van der Waals surface area contributed by atoms with Crippen LogP contribution in [0.4, 0.5) is 0 Å². The SMILES string of the molecule is CCNC(=NCc1ccc(C)cc1OCC1CCOC1)NCc1cnc(C)s1.I. The second-order valence-electron chi connectivity index (χ2n) is 7.05. The third-order valence-corrected chi connectivity index (χ3v) is 5.48. The number of halogens is 1. The van der Waals surface area contributed by atoms with Gasteiger partial charge in [-0.05, 0) is 38.8 Å². The van der Waals surface area contributed by atoms with Gasteiger partial charge in [-0.2, -0.15) is 0 Å². The van der Waals surface area contributed by atoms with E-state index in [-0.39, 0.29) is 24.0 Å². The molecule has 2 heterocycles. The quantitative estimate of drug-likeness (QED) is 0.306. The van der Waals surface area contributed by atoms with Crippen molar-refractivity contribution < 1.29 is 9.47 Å². The molecule has 29 heavy (non-hydrogen) atoms. The highest BCUT2D eigenvalue weighted by molar-refractivity contribution is 14.0. The van der Waals surface area contributed by atoms with Crippen LogP contribution in [-0.4, -0.2) is 37.3 Å². The van der Waals surface area contributed by atoms with Crippen molar-refractivity contribution in [2.24, 2.45) is 10.9 Å². The van der Waals surface area contributed by atoms with Crippen LogP contribution in [-0.2, 0) is 17.8 Å². The van der Waals surface area contributed by atoms with E-state index in [9.17, 15) is 0 Å². The molecule has 0 amide bonds. The minimum absolute atomic E-state index is 0. The summed E-state index contributed by atoms with van der Waals surface area (Å²) < 4.78 is 11.6. The fourth-order valence-corrected chi connectivity index (χ4v) is 3.75. The largest absolute Gasteiger partial charge is 0.493 e. The summed E-state index contributed by atoms with van der Waals surface area (Å²) in [6.07, 6.45) is 2.99. The van der Waals surface area contributed by atoms with E-state index in [4.69, 9.17) is 14.5 Å². The number of aromatic nitrogens is 1. The van der Waals surface area contributed by atoms with Gasteiger partial charge in [0.15, 0.2) is 5.96 Å². The van der Waals surface area contributed by atoms with E-state index in [1.807, 2.05) is 13.1 Å². The molecule has 2 N–H and O–H groups in total. The zero-order valence-corrected chi connectivity index (χ0v) is 20.5. The number of ether oxygens (including phenoxy) is 2. The summed E-state index contributed by atoms with van der Waals surface area (Å²) in [4.78, 5) is 10.2. The van der Waals surface area contributed by atoms with Gasteiger partial charge in [0.1, 0.15) is 5.75 Å². The van der Waals surface area contributed by atoms with Crippen LogP contribution >= 0.6 is 35.3 Å². The number of hydrogen-bond donors (Lipinski definition) is 2. The Morgan fingerprint density at radius 2 is 2.21 bits per heavy atom. The van der Waals surface area contributed by atoms with Gasteiger partial charge < -0.3 is 20.1 Å². The van der Waals surface area contributed by atoms with Crippen LogP contribution in [0.15, 0.2) is 29.4 Å². The summed E-state index contributed by atoms with van der Waals surface area (Å²) in [5.74, 6) is 2.20. The molecule has 0 spiro atoms. The second-order valence-corrected chi connectivity index (χ2v) is 8.37. The van der Waals surface area contributed by atoms with Crippen molar-refractivity contribution in [1.82, 2.24) is 15.6 Å². The van der Waals surface area contributed by atoms with Crippen LogP contribution in [0.5, 0.6) is 5.75 Å². The van der Waals surface area contributed by atoms with Gasteiger partial charge in [0.25, 0.3) is 0 Å². The maximum atomic E-state index is 6.13. The Kier molecular flexibility index (Phi) is 10.2. The maximum Gasteiger partial charge on any atom is 0.191 e. The van der Waals surface area contributed by atoms with Crippen LogP contribution in [0.1, 0.15) is 34.4 Å². The first-order chi connectivity index (χ1) is 13.6. The van der Waals surface area contributed by atoms with E-state index < -0.39 is 0 Å². The lowest BCUT2D eigenvalue weighted by atomic mass is 10.1. The number of guanidine groups is 1. The van der Waals surface area contributed by atoms with Gasteiger partial charge in [-0.3, -0.25) is 0 Å². The topological polar surface area (TPSA) is 67.8 Å². The first-order valence-electron chi connectivity index (χ1n) is 9.87. The van der Waals surface area contributed by atoms with Crippen molar-refractivity contribution in [1.29, 1.82) is 0 Å². The van der Waals surface area contributed by atoms with Crippen molar-refractivity contribution in [3.8, 4) is 5.75 Å². The predicted molar refractivity (Wildman–Crippen MR) is 130 cm³/mol. The van der Waals surface area contributed by atoms with Crippen LogP contribution < -0.4 is 15.4 Å². The Morgan fingerprint density at radius 1 is 1.34 bits per heavy atom. The van der Waals surface area contributed by atoms with E-state index in [0.29, 0.717) is 19.1 Å². The normalized spacial score (nSPS) is 16.4. The smallest absolute Gasteiger partial charge is 0.191 e. The highest BCUT2D eigenvalue weighted by Gasteiger charge is 2.17. The minimum Gasteiger partial charge on any atom is -0.493 e. The van der Waals surface area contributed by atoms with Crippen molar-refractivity contribution in [3.05, 3.63) is 45.4 Å². The summed E-state index contributed by atoms with van der Waals surface area (Å²) in [5, 5.41) is 7.76. The molecule has 0 aliphatic carbocycles. The number of thiazole rings is 1. The average Bonchev–Trinajstić information content (AvgIpc) is 3.35. The van der Waals surface area contributed by atoms with E-state index >= 15 is 0 Å². The Balaban J connectivity index is 0.00000300. The van der Waals surface area contributed by atoms with Crippen LogP contribution in [0.3, 0.4) is 0 Å². The van der Waals surface area contributed by atoms with Gasteiger partial charge in [0.2, 0.25) is 0 Å². The molecule has 1 aromatic heterocycles. The van der Waals surface area contributed by atoms with Crippen LogP contribution in [0, 0.1) is 19.8 Å². The standard InChI is InChI=1S/C21H30N4O2S.HI/c1-4-22-21(25-12-19-11-23-16(3)28-19)24-10-18-6-5-15(2)9-20(18)27-14-17-7-8-26-13-17;/h5-6,9,11,17H,4,7-8,10,12-14H2,1-3H3,(H2,22,24,25);1H. The summed E-state index contributed by atoms with van der Waals surface area (Å²) in [7, 11) is 0. The van der Waals surface area contributed by atoms with E-state index in [1.54, 1.807) is 11.3 Å². The molecule has 1 atom stereocenters. The lowest BCUT2D eigenvalue weighted by Crippen LogP contribution is -2.36. The van der Waals surface area contributed by atoms with Crippen molar-refractivity contribution in [2.45, 2.75) is 40.3 Å². The van der Waals surface area contributed by atoms with E-state index in [2.05, 4.69) is 47.7 Å². The molecule has 1 aliphatic heterocycles. The van der Waals surface area contributed by atoms with Crippen LogP contribution in [0.25, 0.3) is 0 Å². The van der Waals surface area contributed by atoms with Crippen molar-refractivity contribution >= 4 is 41.3 Å². The lowest BCUT2D eigenvalue weighted by Gasteiger charge is -2.15. The first kappa shape index (κ1) is 23.9. The Bertz CT molecular complexity index is 791. The van der Waals surface area contributed by atoms with Crippen LogP contribution in [0.2, 0.25) is 0 Å². The minimum atomic E-state index is 0. The number of rotatable bonds is 8. The lowest BCUT2D eigenvalue weighted by molar-refractivity contribution is 0.166. The van der Waals surface area contributed by atoms with Gasteiger partial charge in [-0.1, -0.05) is 12.1 Å². The molecule has 1 saturated heterocycles. The monoisotopic (exact) mass is 530 g/mol. The number of benzene rings is 1. The second kappa shape index (κ2) is 12.3. The van der Waals surface area contributed by atoms with Crippen molar-refractivity contribution in [3.63, 3.8) is 0 Å². The molecule has 3 rings (SSSR count). The summed E-state index contributed by atoms with van der Waals surface area (Å²) in [6, 6.07) is 6.31. The molecular weight excluding hydrogens is 499 g/mol. The molecule has 6 nitrogen and oxygen atoms in total. The molecule has 8 heteroatoms. The summed E-state index contributed by atoms with van der Waals surface area (Å²) in [6.45, 7) is 10.6. The summed E-state index contributed by atoms with van der Waals surface area (Å²) >= 11 is 1.70. The fourth-order valence-electron chi connectivity index (χ4n) is 3.01. The Morgan fingerprint density at radius 3 is 2.90 bits per heavy atom. The third kappa shape index (κ3) is 7.75. The number of aryl methyl sites for hydroxylation is 2. The molecule has 0 saturated carbocycles. The molecule has 1 fully saturated rings. The Labute approximate surface area is 194 Å². The van der Waals surface area contributed by atoms with Gasteiger partial charge in [0, 0.05) is 35.7 Å². The van der Waals surface area contributed by atoms with Gasteiger partial charge >= 0.3 is 0 Å². The molecule has 1 aromatic carbocycles. The Hall–Kier alpha value is -1.39. The zero-order chi connectivity index (χ0) is 19.8. The average molecular weight is 530 g/mol. The number of hydrogen-bond acceptors (Lipinski definition) is 5. The van der Waals surface area contributed by atoms with Gasteiger partial charge in [-0.25, -0.2) is 9.98 Å². The predicted octanol–water partition coefficient (Wildman–Crippen LogP) is 4.05. The molecule has 0 radical (unpaired) electrons. The van der Waals surface area contributed by atoms with Crippen molar-refractivity contribution in [2.75, 3.05) is 26.4 Å². The summed E-state index contributed by atoms with van der Waals surface area (Å²) in [5.41, 5.74) is 2.28. The molecule has 160 valence electrons. The molecule has 1 unspecified atom stereocenters. The highest BCUT2D eigenvalue weighted by Crippen LogP contribution is 2.23. The molecular formula is C21H31IN4O2S. The highest BCUT2D eigenvalue weighted by atomic mass is 127. The number of aliphatic imine (C=N–C) groups is 1. The van der Waals surface area contributed by atoms with Gasteiger partial charge in [0.05, 0.1) is 31.3 Å². The maximum absolute atomic E-state index is 6.13. The first-order valence-corrected chi connectivity index (χ1v) is 10.7. The van der Waals surface area contributed by atoms with E-state index in [0.717, 1.165) is 55.0 Å². The third-order valence-electron chi connectivity index (χ3n) is 4.57. The number of nitrogens with one attached hydrogen (secondary N) is 2. The van der Waals surface area contributed by atoms with Gasteiger partial charge in [-0.15, -0.1) is 35.3 Å². The molecule has 2 aromatic rings. The van der Waals surface area contributed by atoms with E-state index in [1.165, 1.54) is 10.4 Å². The zero-order valence-electron chi connectivity index (χ0n) is 17.4.